The van der Waals surface area contributed by atoms with Crippen LogP contribution in [0.25, 0.3) is 16.7 Å². The number of hydrogen-bond acceptors (Lipinski definition) is 5. The van der Waals surface area contributed by atoms with E-state index < -0.39 is 5.41 Å². The maximum absolute atomic E-state index is 13.5. The highest BCUT2D eigenvalue weighted by Crippen LogP contribution is 2.28. The van der Waals surface area contributed by atoms with Gasteiger partial charge >= 0.3 is 0 Å². The van der Waals surface area contributed by atoms with Crippen LogP contribution >= 0.6 is 11.6 Å². The van der Waals surface area contributed by atoms with Gasteiger partial charge in [-0.1, -0.05) is 43.6 Å². The minimum atomic E-state index is -0.604. The Kier molecular flexibility index (Phi) is 8.56. The molecule has 9 nitrogen and oxygen atoms in total. The van der Waals surface area contributed by atoms with Crippen molar-refractivity contribution in [3.05, 3.63) is 80.9 Å². The molecular formula is C30H36ClN5O4. The van der Waals surface area contributed by atoms with E-state index in [0.717, 1.165) is 11.1 Å². The molecular weight excluding hydrogens is 530 g/mol. The van der Waals surface area contributed by atoms with Crippen LogP contribution in [0.5, 0.6) is 0 Å². The largest absolute Gasteiger partial charge is 0.461 e. The lowest BCUT2D eigenvalue weighted by molar-refractivity contribution is -0.118. The van der Waals surface area contributed by atoms with Crippen LogP contribution in [0.2, 0.25) is 5.02 Å². The zero-order chi connectivity index (χ0) is 29.2. The summed E-state index contributed by atoms with van der Waals surface area (Å²) < 4.78 is 9.08. The number of nitrogens with zero attached hydrogens (tertiary/aromatic N) is 3. The van der Waals surface area contributed by atoms with Crippen LogP contribution < -0.4 is 16.2 Å². The van der Waals surface area contributed by atoms with Crippen molar-refractivity contribution in [1.82, 2.24) is 19.6 Å². The molecule has 0 aliphatic heterocycles. The molecule has 212 valence electrons. The van der Waals surface area contributed by atoms with Crippen molar-refractivity contribution in [3.63, 3.8) is 0 Å². The first kappa shape index (κ1) is 29.2. The topological polar surface area (TPSA) is 102 Å². The van der Waals surface area contributed by atoms with E-state index in [-0.39, 0.29) is 36.0 Å². The van der Waals surface area contributed by atoms with E-state index in [1.165, 1.54) is 0 Å². The first-order chi connectivity index (χ1) is 18.9. The standard InChI is InChI=1S/C30H36ClN5O4/c1-19-14-20-15-21(31)16-23(27(20)40-19)28(38)32-18-30(2,3)17-25(37)33-26-24(12-13-34(4)5)35(6)36(29(26)39)22-10-8-7-9-11-22/h7-11,14-16H,12-13,17-18H2,1-6H3,(H,32,38)(H,33,37). The second-order valence-corrected chi connectivity index (χ2v) is 11.6. The molecule has 0 atom stereocenters. The van der Waals surface area contributed by atoms with Gasteiger partial charge in [0.1, 0.15) is 17.0 Å². The summed E-state index contributed by atoms with van der Waals surface area (Å²) in [4.78, 5) is 41.8. The number of hydrogen-bond donors (Lipinski definition) is 2. The van der Waals surface area contributed by atoms with Gasteiger partial charge in [0, 0.05) is 43.4 Å². The van der Waals surface area contributed by atoms with Gasteiger partial charge in [0.05, 0.1) is 16.9 Å². The number of aryl methyl sites for hydroxylation is 1. The van der Waals surface area contributed by atoms with E-state index in [0.29, 0.717) is 40.6 Å². The second-order valence-electron chi connectivity index (χ2n) is 11.2. The maximum atomic E-state index is 13.5. The summed E-state index contributed by atoms with van der Waals surface area (Å²) in [5.41, 5.74) is 1.64. The zero-order valence-electron chi connectivity index (χ0n) is 23.8. The molecule has 2 N–H and O–H groups in total. The lowest BCUT2D eigenvalue weighted by Crippen LogP contribution is -2.36. The Morgan fingerprint density at radius 1 is 1.10 bits per heavy atom. The molecule has 0 aliphatic rings. The average Bonchev–Trinajstić information content (AvgIpc) is 3.36. The van der Waals surface area contributed by atoms with Crippen molar-refractivity contribution in [2.75, 3.05) is 32.5 Å². The number of fused-ring (bicyclic) bond motifs is 1. The highest BCUT2D eigenvalue weighted by Gasteiger charge is 2.27. The van der Waals surface area contributed by atoms with Crippen molar-refractivity contribution in [3.8, 4) is 5.69 Å². The molecule has 2 aromatic heterocycles. The SMILES string of the molecule is Cc1cc2cc(Cl)cc(C(=O)NCC(C)(C)CC(=O)Nc3c(CCN(C)C)n(C)n(-c4ccccc4)c3=O)c2o1. The number of nitrogens with one attached hydrogen (secondary N) is 2. The number of carbonyl (C=O) groups excluding carboxylic acids is 2. The third-order valence-corrected chi connectivity index (χ3v) is 6.98. The van der Waals surface area contributed by atoms with Crippen molar-refractivity contribution in [2.45, 2.75) is 33.6 Å². The van der Waals surface area contributed by atoms with E-state index >= 15 is 0 Å². The molecule has 0 spiro atoms. The van der Waals surface area contributed by atoms with Gasteiger partial charge in [0.15, 0.2) is 0 Å². The Morgan fingerprint density at radius 2 is 1.80 bits per heavy atom. The molecule has 0 saturated heterocycles. The Labute approximate surface area is 238 Å². The Bertz CT molecular complexity index is 1600. The lowest BCUT2D eigenvalue weighted by Gasteiger charge is -2.24. The van der Waals surface area contributed by atoms with Gasteiger partial charge in [0.25, 0.3) is 11.5 Å². The summed E-state index contributed by atoms with van der Waals surface area (Å²) in [6, 6.07) is 14.5. The first-order valence-corrected chi connectivity index (χ1v) is 13.5. The van der Waals surface area contributed by atoms with E-state index in [4.69, 9.17) is 16.0 Å². The van der Waals surface area contributed by atoms with Gasteiger partial charge in [-0.15, -0.1) is 0 Å². The van der Waals surface area contributed by atoms with Crippen LogP contribution in [-0.2, 0) is 18.3 Å². The fourth-order valence-corrected chi connectivity index (χ4v) is 4.99. The molecule has 0 bridgehead atoms. The third kappa shape index (κ3) is 6.48. The van der Waals surface area contributed by atoms with Crippen molar-refractivity contribution < 1.29 is 14.0 Å². The monoisotopic (exact) mass is 565 g/mol. The van der Waals surface area contributed by atoms with E-state index in [1.54, 1.807) is 21.5 Å². The summed E-state index contributed by atoms with van der Waals surface area (Å²) in [7, 11) is 5.74. The van der Waals surface area contributed by atoms with Gasteiger partial charge in [0.2, 0.25) is 5.91 Å². The van der Waals surface area contributed by atoms with Crippen LogP contribution in [0, 0.1) is 12.3 Å². The van der Waals surface area contributed by atoms with Crippen LogP contribution in [-0.4, -0.2) is 53.3 Å². The average molecular weight is 566 g/mol. The number of rotatable bonds is 10. The number of halogens is 1. The number of likely N-dealkylation sites (N-methyl/N-ethyl adjacent to an activating group) is 1. The zero-order valence-corrected chi connectivity index (χ0v) is 24.6. The Hall–Kier alpha value is -3.82. The van der Waals surface area contributed by atoms with Crippen LogP contribution in [0.1, 0.15) is 42.1 Å². The van der Waals surface area contributed by atoms with Crippen molar-refractivity contribution >= 4 is 40.1 Å². The molecule has 2 amide bonds. The summed E-state index contributed by atoms with van der Waals surface area (Å²) in [6.07, 6.45) is 0.666. The molecule has 0 radical (unpaired) electrons. The molecule has 2 heterocycles. The first-order valence-electron chi connectivity index (χ1n) is 13.1. The van der Waals surface area contributed by atoms with Gasteiger partial charge in [-0.05, 0) is 56.8 Å². The number of carbonyl (C=O) groups is 2. The summed E-state index contributed by atoms with van der Waals surface area (Å²) in [5.74, 6) is 0.0377. The quantitative estimate of drug-likeness (QED) is 0.288. The van der Waals surface area contributed by atoms with E-state index in [9.17, 15) is 14.4 Å². The van der Waals surface area contributed by atoms with Gasteiger partial charge in [-0.2, -0.15) is 0 Å². The molecule has 0 aliphatic carbocycles. The fraction of sp³-hybridized carbons (Fsp3) is 0.367. The molecule has 0 fully saturated rings. The van der Waals surface area contributed by atoms with Crippen molar-refractivity contribution in [2.24, 2.45) is 12.5 Å². The van der Waals surface area contributed by atoms with E-state index in [1.807, 2.05) is 83.2 Å². The minimum absolute atomic E-state index is 0.0882. The predicted octanol–water partition coefficient (Wildman–Crippen LogP) is 4.77. The molecule has 10 heteroatoms. The van der Waals surface area contributed by atoms with Crippen LogP contribution in [0.3, 0.4) is 0 Å². The van der Waals surface area contributed by atoms with Crippen LogP contribution in [0.4, 0.5) is 5.69 Å². The number of furan rings is 1. The number of amides is 2. The highest BCUT2D eigenvalue weighted by atomic mass is 35.5. The molecule has 4 rings (SSSR count). The molecule has 0 unspecified atom stereocenters. The van der Waals surface area contributed by atoms with Crippen LogP contribution in [0.15, 0.2) is 57.7 Å². The summed E-state index contributed by atoms with van der Waals surface area (Å²) in [6.45, 7) is 6.52. The molecule has 2 aromatic carbocycles. The number of para-hydroxylation sites is 1. The second kappa shape index (κ2) is 11.7. The van der Waals surface area contributed by atoms with Gasteiger partial charge in [-0.25, -0.2) is 4.68 Å². The number of anilines is 1. The summed E-state index contributed by atoms with van der Waals surface area (Å²) >= 11 is 6.22. The molecule has 40 heavy (non-hydrogen) atoms. The minimum Gasteiger partial charge on any atom is -0.461 e. The van der Waals surface area contributed by atoms with Crippen molar-refractivity contribution in [1.29, 1.82) is 0 Å². The fourth-order valence-electron chi connectivity index (χ4n) is 4.76. The molecule has 4 aromatic rings. The third-order valence-electron chi connectivity index (χ3n) is 6.76. The lowest BCUT2D eigenvalue weighted by atomic mass is 9.88. The highest BCUT2D eigenvalue weighted by molar-refractivity contribution is 6.32. The predicted molar refractivity (Wildman–Crippen MR) is 159 cm³/mol. The summed E-state index contributed by atoms with van der Waals surface area (Å²) in [5, 5.41) is 6.99. The maximum Gasteiger partial charge on any atom is 0.295 e. The number of aromatic nitrogens is 2. The Balaban J connectivity index is 1.50. The smallest absolute Gasteiger partial charge is 0.295 e. The normalized spacial score (nSPS) is 11.8. The van der Waals surface area contributed by atoms with Gasteiger partial charge in [-0.3, -0.25) is 19.1 Å². The van der Waals surface area contributed by atoms with E-state index in [2.05, 4.69) is 10.6 Å². The Morgan fingerprint density at radius 3 is 2.48 bits per heavy atom. The van der Waals surface area contributed by atoms with Gasteiger partial charge < -0.3 is 20.0 Å². The molecule has 0 saturated carbocycles. The number of benzene rings is 2.